The van der Waals surface area contributed by atoms with Gasteiger partial charge in [-0.2, -0.15) is 0 Å². The summed E-state index contributed by atoms with van der Waals surface area (Å²) in [5.74, 6) is -2.14. The normalized spacial score (nSPS) is 18.7. The Balaban J connectivity index is 2.13. The number of hydrogen-bond donors (Lipinski definition) is 5. The first-order valence-corrected chi connectivity index (χ1v) is 9.12. The average Bonchev–Trinajstić information content (AvgIpc) is 3.14. The van der Waals surface area contributed by atoms with Crippen molar-refractivity contribution in [1.29, 1.82) is 0 Å². The monoisotopic (exact) mass is 377 g/mol. The van der Waals surface area contributed by atoms with Gasteiger partial charge in [-0.05, 0) is 43.0 Å². The van der Waals surface area contributed by atoms with Gasteiger partial charge in [-0.25, -0.2) is 4.79 Å². The summed E-state index contributed by atoms with van der Waals surface area (Å²) in [7, 11) is 0. The van der Waals surface area contributed by atoms with Crippen LogP contribution in [0.5, 0.6) is 5.75 Å². The summed E-state index contributed by atoms with van der Waals surface area (Å²) >= 11 is 0. The van der Waals surface area contributed by atoms with Crippen molar-refractivity contribution in [3.63, 3.8) is 0 Å². The molecule has 0 bridgehead atoms. The highest BCUT2D eigenvalue weighted by Gasteiger charge is 2.31. The van der Waals surface area contributed by atoms with E-state index in [9.17, 15) is 24.6 Å². The fourth-order valence-electron chi connectivity index (χ4n) is 3.03. The molecule has 1 fully saturated rings. The summed E-state index contributed by atoms with van der Waals surface area (Å²) in [4.78, 5) is 36.6. The van der Waals surface area contributed by atoms with Crippen LogP contribution in [0.15, 0.2) is 24.3 Å². The first kappa shape index (κ1) is 20.7. The van der Waals surface area contributed by atoms with E-state index in [1.807, 2.05) is 0 Å². The molecule has 0 radical (unpaired) electrons. The van der Waals surface area contributed by atoms with Crippen molar-refractivity contribution in [2.45, 2.75) is 51.2 Å². The minimum Gasteiger partial charge on any atom is -0.508 e. The van der Waals surface area contributed by atoms with E-state index in [1.165, 1.54) is 12.1 Å². The highest BCUT2D eigenvalue weighted by Crippen LogP contribution is 2.13. The lowest BCUT2D eigenvalue weighted by Crippen LogP contribution is -2.56. The Morgan fingerprint density at radius 2 is 1.85 bits per heavy atom. The van der Waals surface area contributed by atoms with E-state index in [2.05, 4.69) is 16.0 Å². The predicted molar refractivity (Wildman–Crippen MR) is 99.2 cm³/mol. The number of hydrogen-bond acceptors (Lipinski definition) is 5. The summed E-state index contributed by atoms with van der Waals surface area (Å²) in [6, 6.07) is 4.02. The summed E-state index contributed by atoms with van der Waals surface area (Å²) in [6.07, 6.45) is 1.78. The topological polar surface area (TPSA) is 128 Å². The van der Waals surface area contributed by atoms with Gasteiger partial charge in [-0.3, -0.25) is 9.59 Å². The molecule has 0 aromatic heterocycles. The predicted octanol–water partition coefficient (Wildman–Crippen LogP) is 0.397. The number of amides is 2. The quantitative estimate of drug-likeness (QED) is 0.446. The Bertz CT molecular complexity index is 668. The lowest BCUT2D eigenvalue weighted by Gasteiger charge is -2.24. The van der Waals surface area contributed by atoms with Crippen LogP contribution in [0.25, 0.3) is 0 Å². The molecule has 1 saturated heterocycles. The van der Waals surface area contributed by atoms with Crippen LogP contribution < -0.4 is 16.0 Å². The number of benzene rings is 1. The molecule has 3 atom stereocenters. The van der Waals surface area contributed by atoms with Crippen molar-refractivity contribution in [3.8, 4) is 5.75 Å². The maximum atomic E-state index is 12.7. The molecule has 1 aliphatic heterocycles. The molecular formula is C19H27N3O5. The van der Waals surface area contributed by atoms with Gasteiger partial charge in [-0.15, -0.1) is 0 Å². The molecule has 1 aromatic rings. The highest BCUT2D eigenvalue weighted by atomic mass is 16.4. The Kier molecular flexibility index (Phi) is 7.18. The fourth-order valence-corrected chi connectivity index (χ4v) is 3.03. The van der Waals surface area contributed by atoms with Gasteiger partial charge in [0, 0.05) is 6.42 Å². The van der Waals surface area contributed by atoms with Crippen molar-refractivity contribution in [3.05, 3.63) is 29.8 Å². The molecule has 8 nitrogen and oxygen atoms in total. The Morgan fingerprint density at radius 3 is 2.37 bits per heavy atom. The van der Waals surface area contributed by atoms with Crippen molar-refractivity contribution in [2.75, 3.05) is 6.54 Å². The molecule has 0 unspecified atom stereocenters. The molecule has 8 heteroatoms. The van der Waals surface area contributed by atoms with Gasteiger partial charge in [0.25, 0.3) is 0 Å². The minimum absolute atomic E-state index is 0.102. The summed E-state index contributed by atoms with van der Waals surface area (Å²) < 4.78 is 0. The maximum Gasteiger partial charge on any atom is 0.326 e. The summed E-state index contributed by atoms with van der Waals surface area (Å²) in [5.41, 5.74) is 0.740. The first-order chi connectivity index (χ1) is 12.8. The van der Waals surface area contributed by atoms with Crippen molar-refractivity contribution in [2.24, 2.45) is 5.92 Å². The number of carbonyl (C=O) groups is 3. The number of aromatic hydroxyl groups is 1. The standard InChI is InChI=1S/C19H27N3O5/c1-11(2)16(19(26)27)22-18(25)15(10-12-5-7-13(23)8-6-12)21-17(24)14-4-3-9-20-14/h5-8,11,14-16,20,23H,3-4,9-10H2,1-2H3,(H,21,24)(H,22,25)(H,26,27)/t14-,15-,16-/m1/s1. The van der Waals surface area contributed by atoms with Crippen LogP contribution >= 0.6 is 0 Å². The summed E-state index contributed by atoms with van der Waals surface area (Å²) in [6.45, 7) is 4.16. The number of nitrogens with one attached hydrogen (secondary N) is 3. The molecule has 2 rings (SSSR count). The van der Waals surface area contributed by atoms with Gasteiger partial charge in [0.1, 0.15) is 17.8 Å². The number of aliphatic carboxylic acids is 1. The second-order valence-corrected chi connectivity index (χ2v) is 7.15. The van der Waals surface area contributed by atoms with E-state index in [4.69, 9.17) is 0 Å². The van der Waals surface area contributed by atoms with Crippen LogP contribution in [0.4, 0.5) is 0 Å². The Hall–Kier alpha value is -2.61. The Labute approximate surface area is 158 Å². The Morgan fingerprint density at radius 1 is 1.19 bits per heavy atom. The molecule has 1 aliphatic rings. The van der Waals surface area contributed by atoms with Crippen molar-refractivity contribution in [1.82, 2.24) is 16.0 Å². The van der Waals surface area contributed by atoms with E-state index in [-0.39, 0.29) is 30.0 Å². The van der Waals surface area contributed by atoms with E-state index >= 15 is 0 Å². The molecule has 27 heavy (non-hydrogen) atoms. The maximum absolute atomic E-state index is 12.7. The van der Waals surface area contributed by atoms with Crippen LogP contribution in [0.3, 0.4) is 0 Å². The SMILES string of the molecule is CC(C)[C@@H](NC(=O)[C@@H](Cc1ccc(O)cc1)NC(=O)[C@H]1CCCN1)C(=O)O. The second kappa shape index (κ2) is 9.36. The lowest BCUT2D eigenvalue weighted by atomic mass is 10.0. The minimum atomic E-state index is -1.12. The zero-order valence-electron chi connectivity index (χ0n) is 15.6. The van der Waals surface area contributed by atoms with Crippen LogP contribution in [-0.4, -0.2) is 52.7 Å². The van der Waals surface area contributed by atoms with Crippen molar-refractivity contribution < 1.29 is 24.6 Å². The number of phenols is 1. The van der Waals surface area contributed by atoms with Crippen LogP contribution in [0, 0.1) is 5.92 Å². The van der Waals surface area contributed by atoms with Gasteiger partial charge in [0.05, 0.1) is 6.04 Å². The molecule has 1 heterocycles. The molecule has 5 N–H and O–H groups in total. The lowest BCUT2D eigenvalue weighted by molar-refractivity contribution is -0.143. The zero-order chi connectivity index (χ0) is 20.0. The average molecular weight is 377 g/mol. The third kappa shape index (κ3) is 5.96. The largest absolute Gasteiger partial charge is 0.508 e. The molecule has 0 aliphatic carbocycles. The van der Waals surface area contributed by atoms with Gasteiger partial charge in [0.2, 0.25) is 11.8 Å². The molecule has 0 saturated carbocycles. The molecule has 1 aromatic carbocycles. The van der Waals surface area contributed by atoms with Gasteiger partial charge in [-0.1, -0.05) is 26.0 Å². The van der Waals surface area contributed by atoms with Crippen LogP contribution in [0.2, 0.25) is 0 Å². The van der Waals surface area contributed by atoms with E-state index in [0.29, 0.717) is 6.42 Å². The zero-order valence-corrected chi connectivity index (χ0v) is 15.6. The van der Waals surface area contributed by atoms with E-state index in [1.54, 1.807) is 26.0 Å². The van der Waals surface area contributed by atoms with Crippen molar-refractivity contribution >= 4 is 17.8 Å². The summed E-state index contributed by atoms with van der Waals surface area (Å²) in [5, 5.41) is 27.1. The molecule has 0 spiro atoms. The first-order valence-electron chi connectivity index (χ1n) is 9.12. The molecular weight excluding hydrogens is 350 g/mol. The third-order valence-corrected chi connectivity index (χ3v) is 4.62. The molecule has 2 amide bonds. The number of rotatable bonds is 8. The number of phenolic OH excluding ortho intramolecular Hbond substituents is 1. The van der Waals surface area contributed by atoms with Gasteiger partial charge in [0.15, 0.2) is 0 Å². The van der Waals surface area contributed by atoms with E-state index < -0.39 is 24.0 Å². The van der Waals surface area contributed by atoms with Gasteiger partial charge >= 0.3 is 5.97 Å². The van der Waals surface area contributed by atoms with E-state index in [0.717, 1.165) is 18.5 Å². The molecule has 148 valence electrons. The highest BCUT2D eigenvalue weighted by molar-refractivity contribution is 5.92. The number of carboxylic acid groups (broad SMARTS) is 1. The fraction of sp³-hybridized carbons (Fsp3) is 0.526. The smallest absolute Gasteiger partial charge is 0.326 e. The second-order valence-electron chi connectivity index (χ2n) is 7.15. The van der Waals surface area contributed by atoms with Crippen LogP contribution in [0.1, 0.15) is 32.3 Å². The third-order valence-electron chi connectivity index (χ3n) is 4.62. The number of carboxylic acids is 1. The number of carbonyl (C=O) groups excluding carboxylic acids is 2. The van der Waals surface area contributed by atoms with Gasteiger partial charge < -0.3 is 26.2 Å². The van der Waals surface area contributed by atoms with Crippen LogP contribution in [-0.2, 0) is 20.8 Å².